The van der Waals surface area contributed by atoms with Gasteiger partial charge in [0.15, 0.2) is 0 Å². The summed E-state index contributed by atoms with van der Waals surface area (Å²) in [5, 5.41) is 0. The molecule has 0 saturated heterocycles. The summed E-state index contributed by atoms with van der Waals surface area (Å²) in [6.07, 6.45) is 0.887. The molecule has 0 heterocycles. The molecule has 2 aromatic carbocycles. The Morgan fingerprint density at radius 3 is 2.21 bits per heavy atom. The van der Waals surface area contributed by atoms with Crippen LogP contribution in [0, 0.1) is 5.92 Å². The van der Waals surface area contributed by atoms with Crippen LogP contribution in [-0.4, -0.2) is 38.9 Å². The van der Waals surface area contributed by atoms with Gasteiger partial charge in [0.1, 0.15) is 0 Å². The molecule has 0 aromatic heterocycles. The number of amides is 1. The van der Waals surface area contributed by atoms with Crippen molar-refractivity contribution < 1.29 is 13.2 Å². The lowest BCUT2D eigenvalue weighted by Crippen LogP contribution is -2.36. The molecule has 1 atom stereocenters. The van der Waals surface area contributed by atoms with E-state index in [1.54, 1.807) is 55.3 Å². The average Bonchev–Trinajstić information content (AvgIpc) is 2.67. The van der Waals surface area contributed by atoms with Gasteiger partial charge in [0.05, 0.1) is 10.6 Å². The molecule has 1 amide bonds. The van der Waals surface area contributed by atoms with Gasteiger partial charge in [0.2, 0.25) is 0 Å². The second-order valence-electron chi connectivity index (χ2n) is 7.43. The SMILES string of the molecule is CCN(c1ccccc1)S(=O)(=O)c1cccc(C(=O)N(C)C(C)CC(C)C)c1. The van der Waals surface area contributed by atoms with Gasteiger partial charge in [-0.3, -0.25) is 9.10 Å². The number of sulfonamides is 1. The van der Waals surface area contributed by atoms with E-state index < -0.39 is 10.0 Å². The fraction of sp³-hybridized carbons (Fsp3) is 0.409. The highest BCUT2D eigenvalue weighted by molar-refractivity contribution is 7.92. The summed E-state index contributed by atoms with van der Waals surface area (Å²) in [6.45, 7) is 8.33. The first-order valence-corrected chi connectivity index (χ1v) is 11.1. The second kappa shape index (κ2) is 9.24. The van der Waals surface area contributed by atoms with Crippen LogP contribution in [0.2, 0.25) is 0 Å². The Hall–Kier alpha value is -2.34. The highest BCUT2D eigenvalue weighted by Gasteiger charge is 2.25. The molecule has 5 nitrogen and oxygen atoms in total. The minimum Gasteiger partial charge on any atom is -0.339 e. The molecule has 1 unspecified atom stereocenters. The molecule has 6 heteroatoms. The summed E-state index contributed by atoms with van der Waals surface area (Å²) in [5.41, 5.74) is 0.979. The van der Waals surface area contributed by atoms with Crippen molar-refractivity contribution in [3.05, 3.63) is 60.2 Å². The number of hydrogen-bond acceptors (Lipinski definition) is 3. The Labute approximate surface area is 169 Å². The van der Waals surface area contributed by atoms with E-state index in [2.05, 4.69) is 13.8 Å². The van der Waals surface area contributed by atoms with Crippen molar-refractivity contribution >= 4 is 21.6 Å². The summed E-state index contributed by atoms with van der Waals surface area (Å²) >= 11 is 0. The van der Waals surface area contributed by atoms with Crippen molar-refractivity contribution in [2.24, 2.45) is 5.92 Å². The number of hydrogen-bond donors (Lipinski definition) is 0. The average molecular weight is 403 g/mol. The Kier molecular flexibility index (Phi) is 7.24. The first-order valence-electron chi connectivity index (χ1n) is 9.63. The van der Waals surface area contributed by atoms with E-state index in [0.717, 1.165) is 6.42 Å². The van der Waals surface area contributed by atoms with Gasteiger partial charge in [0.25, 0.3) is 15.9 Å². The summed E-state index contributed by atoms with van der Waals surface area (Å²) < 4.78 is 27.7. The molecule has 0 bridgehead atoms. The Balaban J connectivity index is 2.34. The standard InChI is InChI=1S/C22H30N2O3S/c1-6-24(20-12-8-7-9-13-20)28(26,27)21-14-10-11-19(16-21)22(25)23(5)18(4)15-17(2)3/h7-14,16-18H,6,15H2,1-5H3. The molecule has 2 aromatic rings. The zero-order valence-electron chi connectivity index (χ0n) is 17.3. The number of rotatable bonds is 8. The van der Waals surface area contributed by atoms with Crippen LogP contribution in [0.3, 0.4) is 0 Å². The highest BCUT2D eigenvalue weighted by Crippen LogP contribution is 2.24. The van der Waals surface area contributed by atoms with Crippen LogP contribution in [0.4, 0.5) is 5.69 Å². The smallest absolute Gasteiger partial charge is 0.264 e. The minimum atomic E-state index is -3.76. The largest absolute Gasteiger partial charge is 0.339 e. The number of para-hydroxylation sites is 1. The lowest BCUT2D eigenvalue weighted by atomic mass is 10.0. The van der Waals surface area contributed by atoms with Crippen LogP contribution in [0.5, 0.6) is 0 Å². The maximum absolute atomic E-state index is 13.2. The fourth-order valence-corrected chi connectivity index (χ4v) is 4.77. The molecule has 0 radical (unpaired) electrons. The molecule has 28 heavy (non-hydrogen) atoms. The summed E-state index contributed by atoms with van der Waals surface area (Å²) in [6, 6.07) is 15.4. The Morgan fingerprint density at radius 2 is 1.64 bits per heavy atom. The summed E-state index contributed by atoms with van der Waals surface area (Å²) in [7, 11) is -2.00. The zero-order valence-corrected chi connectivity index (χ0v) is 18.1. The van der Waals surface area contributed by atoms with Gasteiger partial charge in [-0.1, -0.05) is 38.1 Å². The third-order valence-corrected chi connectivity index (χ3v) is 6.69. The normalized spacial score (nSPS) is 12.6. The van der Waals surface area contributed by atoms with Gasteiger partial charge in [0, 0.05) is 25.2 Å². The zero-order chi connectivity index (χ0) is 20.9. The van der Waals surface area contributed by atoms with E-state index >= 15 is 0 Å². The first-order chi connectivity index (χ1) is 13.2. The van der Waals surface area contributed by atoms with Gasteiger partial charge < -0.3 is 4.90 Å². The van der Waals surface area contributed by atoms with E-state index in [1.165, 1.54) is 16.4 Å². The predicted octanol–water partition coefficient (Wildman–Crippen LogP) is 4.41. The number of carbonyl (C=O) groups is 1. The minimum absolute atomic E-state index is 0.0734. The number of benzene rings is 2. The Bertz CT molecular complexity index is 895. The van der Waals surface area contributed by atoms with Crippen LogP contribution in [0.1, 0.15) is 44.5 Å². The number of anilines is 1. The van der Waals surface area contributed by atoms with Gasteiger partial charge in [-0.05, 0) is 56.5 Å². The fourth-order valence-electron chi connectivity index (χ4n) is 3.25. The molecule has 0 N–H and O–H groups in total. The second-order valence-corrected chi connectivity index (χ2v) is 9.29. The van der Waals surface area contributed by atoms with Crippen LogP contribution < -0.4 is 4.31 Å². The van der Waals surface area contributed by atoms with Gasteiger partial charge in [-0.2, -0.15) is 0 Å². The first kappa shape index (κ1) is 22.0. The van der Waals surface area contributed by atoms with E-state index in [9.17, 15) is 13.2 Å². The van der Waals surface area contributed by atoms with Crippen molar-refractivity contribution in [3.63, 3.8) is 0 Å². The van der Waals surface area contributed by atoms with Crippen LogP contribution in [-0.2, 0) is 10.0 Å². The Morgan fingerprint density at radius 1 is 1.00 bits per heavy atom. The van der Waals surface area contributed by atoms with Crippen LogP contribution in [0.25, 0.3) is 0 Å². The summed E-state index contributed by atoms with van der Waals surface area (Å²) in [4.78, 5) is 14.7. The van der Waals surface area contributed by atoms with Crippen LogP contribution >= 0.6 is 0 Å². The predicted molar refractivity (Wildman–Crippen MR) is 114 cm³/mol. The van der Waals surface area contributed by atoms with Gasteiger partial charge >= 0.3 is 0 Å². The van der Waals surface area contributed by atoms with Gasteiger partial charge in [-0.15, -0.1) is 0 Å². The van der Waals surface area contributed by atoms with Crippen molar-refractivity contribution in [1.82, 2.24) is 4.90 Å². The van der Waals surface area contributed by atoms with E-state index in [1.807, 2.05) is 13.0 Å². The monoisotopic (exact) mass is 402 g/mol. The molecule has 0 fully saturated rings. The number of carbonyl (C=O) groups excluding carboxylic acids is 1. The maximum atomic E-state index is 13.2. The lowest BCUT2D eigenvalue weighted by Gasteiger charge is -2.27. The van der Waals surface area contributed by atoms with Crippen molar-refractivity contribution in [2.45, 2.75) is 45.1 Å². The summed E-state index contributed by atoms with van der Waals surface area (Å²) in [5.74, 6) is 0.300. The third kappa shape index (κ3) is 4.93. The lowest BCUT2D eigenvalue weighted by molar-refractivity contribution is 0.0728. The molecule has 0 aliphatic rings. The molecule has 0 aliphatic carbocycles. The van der Waals surface area contributed by atoms with Crippen molar-refractivity contribution in [3.8, 4) is 0 Å². The van der Waals surface area contributed by atoms with Gasteiger partial charge in [-0.25, -0.2) is 8.42 Å². The highest BCUT2D eigenvalue weighted by atomic mass is 32.2. The van der Waals surface area contributed by atoms with Crippen LogP contribution in [0.15, 0.2) is 59.5 Å². The van der Waals surface area contributed by atoms with Crippen molar-refractivity contribution in [2.75, 3.05) is 17.9 Å². The maximum Gasteiger partial charge on any atom is 0.264 e. The van der Waals surface area contributed by atoms with Crippen molar-refractivity contribution in [1.29, 1.82) is 0 Å². The molecule has 2 rings (SSSR count). The third-order valence-electron chi connectivity index (χ3n) is 4.79. The van der Waals surface area contributed by atoms with E-state index in [0.29, 0.717) is 23.7 Å². The molecule has 0 aliphatic heterocycles. The van der Waals surface area contributed by atoms with E-state index in [4.69, 9.17) is 0 Å². The molecule has 0 saturated carbocycles. The van der Waals surface area contributed by atoms with E-state index in [-0.39, 0.29) is 16.8 Å². The quantitative estimate of drug-likeness (QED) is 0.657. The molecule has 152 valence electrons. The topological polar surface area (TPSA) is 57.7 Å². The number of nitrogens with zero attached hydrogens (tertiary/aromatic N) is 2. The molecular weight excluding hydrogens is 372 g/mol. The molecule has 0 spiro atoms. The molecular formula is C22H30N2O3S.